The van der Waals surface area contributed by atoms with Gasteiger partial charge in [0.25, 0.3) is 5.91 Å². The summed E-state index contributed by atoms with van der Waals surface area (Å²) in [6, 6.07) is 1.92. The second-order valence-electron chi connectivity index (χ2n) is 4.28. The first kappa shape index (κ1) is 15.2. The van der Waals surface area contributed by atoms with Crippen molar-refractivity contribution in [1.29, 1.82) is 0 Å². The highest BCUT2D eigenvalue weighted by atomic mass is 79.9. The molecular formula is C12H19BrN2O3. The van der Waals surface area contributed by atoms with E-state index in [9.17, 15) is 4.79 Å². The van der Waals surface area contributed by atoms with Crippen LogP contribution in [0.2, 0.25) is 0 Å². The molecule has 6 heteroatoms. The van der Waals surface area contributed by atoms with Gasteiger partial charge in [0, 0.05) is 29.8 Å². The molecule has 0 aromatic carbocycles. The zero-order chi connectivity index (χ0) is 13.7. The van der Waals surface area contributed by atoms with E-state index in [2.05, 4.69) is 15.9 Å². The SMILES string of the molecule is CC(C)n1cc(Br)cc1C(=O)N(CCO)CCO. The summed E-state index contributed by atoms with van der Waals surface area (Å²) >= 11 is 3.36. The van der Waals surface area contributed by atoms with Crippen LogP contribution in [-0.2, 0) is 0 Å². The first-order valence-corrected chi connectivity index (χ1v) is 6.69. The molecule has 1 aromatic heterocycles. The third-order valence-electron chi connectivity index (χ3n) is 2.62. The van der Waals surface area contributed by atoms with Gasteiger partial charge in [-0.25, -0.2) is 0 Å². The lowest BCUT2D eigenvalue weighted by Crippen LogP contribution is -2.37. The molecule has 0 atom stereocenters. The summed E-state index contributed by atoms with van der Waals surface area (Å²) in [6.07, 6.45) is 1.86. The van der Waals surface area contributed by atoms with Crippen molar-refractivity contribution in [3.05, 3.63) is 22.4 Å². The van der Waals surface area contributed by atoms with Crippen LogP contribution >= 0.6 is 15.9 Å². The first-order valence-electron chi connectivity index (χ1n) is 5.89. The van der Waals surface area contributed by atoms with E-state index in [0.717, 1.165) is 4.47 Å². The molecule has 0 aliphatic rings. The van der Waals surface area contributed by atoms with Gasteiger partial charge in [0.1, 0.15) is 5.69 Å². The molecule has 0 unspecified atom stereocenters. The topological polar surface area (TPSA) is 65.7 Å². The van der Waals surface area contributed by atoms with Crippen LogP contribution < -0.4 is 0 Å². The van der Waals surface area contributed by atoms with Gasteiger partial charge in [-0.05, 0) is 35.8 Å². The van der Waals surface area contributed by atoms with Gasteiger partial charge in [-0.3, -0.25) is 4.79 Å². The summed E-state index contributed by atoms with van der Waals surface area (Å²) in [4.78, 5) is 13.8. The second kappa shape index (κ2) is 6.92. The molecule has 0 bridgehead atoms. The van der Waals surface area contributed by atoms with Crippen LogP contribution in [0.5, 0.6) is 0 Å². The van der Waals surface area contributed by atoms with Crippen molar-refractivity contribution >= 4 is 21.8 Å². The van der Waals surface area contributed by atoms with Crippen molar-refractivity contribution in [2.24, 2.45) is 0 Å². The molecule has 0 aliphatic carbocycles. The Bertz CT molecular complexity index is 398. The van der Waals surface area contributed by atoms with E-state index < -0.39 is 0 Å². The number of carbonyl (C=O) groups excluding carboxylic acids is 1. The zero-order valence-electron chi connectivity index (χ0n) is 10.6. The number of aliphatic hydroxyl groups excluding tert-OH is 2. The summed E-state index contributed by atoms with van der Waals surface area (Å²) in [7, 11) is 0. The van der Waals surface area contributed by atoms with Gasteiger partial charge in [-0.1, -0.05) is 0 Å². The van der Waals surface area contributed by atoms with Crippen molar-refractivity contribution in [1.82, 2.24) is 9.47 Å². The summed E-state index contributed by atoms with van der Waals surface area (Å²) in [5.41, 5.74) is 0.554. The van der Waals surface area contributed by atoms with Crippen molar-refractivity contribution in [3.63, 3.8) is 0 Å². The fraction of sp³-hybridized carbons (Fsp3) is 0.583. The number of rotatable bonds is 6. The summed E-state index contributed by atoms with van der Waals surface area (Å²) in [6.45, 7) is 4.20. The number of aromatic nitrogens is 1. The average molecular weight is 319 g/mol. The molecule has 5 nitrogen and oxygen atoms in total. The maximum absolute atomic E-state index is 12.3. The van der Waals surface area contributed by atoms with Gasteiger partial charge in [0.05, 0.1) is 13.2 Å². The quantitative estimate of drug-likeness (QED) is 0.830. The maximum Gasteiger partial charge on any atom is 0.270 e. The van der Waals surface area contributed by atoms with E-state index in [1.807, 2.05) is 24.6 Å². The minimum absolute atomic E-state index is 0.116. The van der Waals surface area contributed by atoms with Gasteiger partial charge < -0.3 is 19.7 Å². The fourth-order valence-corrected chi connectivity index (χ4v) is 2.20. The maximum atomic E-state index is 12.3. The average Bonchev–Trinajstić information content (AvgIpc) is 2.70. The number of halogens is 1. The molecule has 102 valence electrons. The zero-order valence-corrected chi connectivity index (χ0v) is 12.2. The van der Waals surface area contributed by atoms with Crippen LogP contribution in [0.1, 0.15) is 30.4 Å². The molecule has 1 heterocycles. The second-order valence-corrected chi connectivity index (χ2v) is 5.20. The van der Waals surface area contributed by atoms with Gasteiger partial charge in [0.2, 0.25) is 0 Å². The molecule has 0 aliphatic heterocycles. The molecule has 1 aromatic rings. The highest BCUT2D eigenvalue weighted by Gasteiger charge is 2.20. The van der Waals surface area contributed by atoms with Crippen molar-refractivity contribution < 1.29 is 15.0 Å². The first-order chi connectivity index (χ1) is 8.51. The Balaban J connectivity index is 3.00. The van der Waals surface area contributed by atoms with Crippen molar-refractivity contribution in [2.45, 2.75) is 19.9 Å². The van der Waals surface area contributed by atoms with Crippen LogP contribution in [0.3, 0.4) is 0 Å². The molecule has 1 amide bonds. The number of nitrogens with zero attached hydrogens (tertiary/aromatic N) is 2. The highest BCUT2D eigenvalue weighted by molar-refractivity contribution is 9.10. The number of amides is 1. The van der Waals surface area contributed by atoms with Crippen LogP contribution in [0.4, 0.5) is 0 Å². The summed E-state index contributed by atoms with van der Waals surface area (Å²) in [5.74, 6) is -0.183. The number of carbonyl (C=O) groups is 1. The van der Waals surface area contributed by atoms with Gasteiger partial charge in [-0.15, -0.1) is 0 Å². The van der Waals surface area contributed by atoms with E-state index in [0.29, 0.717) is 5.69 Å². The van der Waals surface area contributed by atoms with Crippen LogP contribution in [0, 0.1) is 0 Å². The largest absolute Gasteiger partial charge is 0.395 e. The monoisotopic (exact) mass is 318 g/mol. The lowest BCUT2D eigenvalue weighted by molar-refractivity contribution is 0.0672. The third kappa shape index (κ3) is 3.57. The Morgan fingerprint density at radius 2 is 1.94 bits per heavy atom. The normalized spacial score (nSPS) is 11.0. The highest BCUT2D eigenvalue weighted by Crippen LogP contribution is 2.20. The predicted octanol–water partition coefficient (Wildman–Crippen LogP) is 1.26. The molecule has 0 spiro atoms. The minimum atomic E-state index is -0.183. The molecule has 0 fully saturated rings. The number of hydrogen-bond acceptors (Lipinski definition) is 3. The Hall–Kier alpha value is -0.850. The van der Waals surface area contributed by atoms with Crippen LogP contribution in [0.25, 0.3) is 0 Å². The van der Waals surface area contributed by atoms with Crippen LogP contribution in [0.15, 0.2) is 16.7 Å². The molecular weight excluding hydrogens is 300 g/mol. The van der Waals surface area contributed by atoms with E-state index in [4.69, 9.17) is 10.2 Å². The molecule has 0 saturated heterocycles. The van der Waals surface area contributed by atoms with E-state index in [1.165, 1.54) is 4.90 Å². The van der Waals surface area contributed by atoms with Gasteiger partial charge in [0.15, 0.2) is 0 Å². The minimum Gasteiger partial charge on any atom is -0.395 e. The van der Waals surface area contributed by atoms with Crippen LogP contribution in [-0.4, -0.2) is 51.9 Å². The summed E-state index contributed by atoms with van der Waals surface area (Å²) < 4.78 is 2.71. The Labute approximate surface area is 115 Å². The molecule has 2 N–H and O–H groups in total. The molecule has 18 heavy (non-hydrogen) atoms. The molecule has 0 saturated carbocycles. The Kier molecular flexibility index (Phi) is 5.84. The Morgan fingerprint density at radius 3 is 2.39 bits per heavy atom. The molecule has 1 rings (SSSR count). The Morgan fingerprint density at radius 1 is 1.39 bits per heavy atom. The van der Waals surface area contributed by atoms with Gasteiger partial charge >= 0.3 is 0 Å². The van der Waals surface area contributed by atoms with E-state index >= 15 is 0 Å². The van der Waals surface area contributed by atoms with Gasteiger partial charge in [-0.2, -0.15) is 0 Å². The van der Waals surface area contributed by atoms with Crippen molar-refractivity contribution in [2.75, 3.05) is 26.3 Å². The third-order valence-corrected chi connectivity index (χ3v) is 3.05. The fourth-order valence-electron chi connectivity index (χ4n) is 1.76. The van der Waals surface area contributed by atoms with Crippen molar-refractivity contribution in [3.8, 4) is 0 Å². The predicted molar refractivity (Wildman–Crippen MR) is 72.6 cm³/mol. The van der Waals surface area contributed by atoms with E-state index in [-0.39, 0.29) is 38.3 Å². The lowest BCUT2D eigenvalue weighted by atomic mass is 10.3. The number of aliphatic hydroxyl groups is 2. The summed E-state index contributed by atoms with van der Waals surface area (Å²) in [5, 5.41) is 17.9. The lowest BCUT2D eigenvalue weighted by Gasteiger charge is -2.22. The standard InChI is InChI=1S/C12H19BrN2O3/c1-9(2)15-8-10(13)7-11(15)12(18)14(3-5-16)4-6-17/h7-9,16-17H,3-6H2,1-2H3. The molecule has 0 radical (unpaired) electrons. The number of hydrogen-bond donors (Lipinski definition) is 2. The van der Waals surface area contributed by atoms with E-state index in [1.54, 1.807) is 6.07 Å². The smallest absolute Gasteiger partial charge is 0.270 e.